The molecule has 0 aliphatic heterocycles. The normalized spacial score (nSPS) is 18.5. The van der Waals surface area contributed by atoms with Crippen molar-refractivity contribution in [3.8, 4) is 0 Å². The molecule has 1 atom stereocenters. The molecule has 82 valence electrons. The molecule has 1 aliphatic carbocycles. The van der Waals surface area contributed by atoms with Gasteiger partial charge in [0.2, 0.25) is 0 Å². The van der Waals surface area contributed by atoms with Gasteiger partial charge < -0.3 is 5.32 Å². The SMILES string of the molecule is CC(CCn1cccn1)NC1CC=CC1. The van der Waals surface area contributed by atoms with E-state index in [9.17, 15) is 0 Å². The predicted molar refractivity (Wildman–Crippen MR) is 61.6 cm³/mol. The predicted octanol–water partition coefficient (Wildman–Crippen LogP) is 1.97. The lowest BCUT2D eigenvalue weighted by Gasteiger charge is -2.19. The van der Waals surface area contributed by atoms with E-state index >= 15 is 0 Å². The van der Waals surface area contributed by atoms with Crippen LogP contribution < -0.4 is 5.32 Å². The third-order valence-corrected chi connectivity index (χ3v) is 2.88. The van der Waals surface area contributed by atoms with Crippen molar-refractivity contribution in [1.82, 2.24) is 15.1 Å². The highest BCUT2D eigenvalue weighted by Crippen LogP contribution is 2.10. The van der Waals surface area contributed by atoms with E-state index in [1.165, 1.54) is 12.8 Å². The van der Waals surface area contributed by atoms with Crippen molar-refractivity contribution >= 4 is 0 Å². The molecule has 0 fully saturated rings. The van der Waals surface area contributed by atoms with E-state index in [2.05, 4.69) is 29.5 Å². The second kappa shape index (κ2) is 5.12. The fraction of sp³-hybridized carbons (Fsp3) is 0.583. The standard InChI is InChI=1S/C12H19N3/c1-11(14-12-5-2-3-6-12)7-10-15-9-4-8-13-15/h2-4,8-9,11-12,14H,5-7,10H2,1H3. The molecule has 1 N–H and O–H groups in total. The van der Waals surface area contributed by atoms with Crippen molar-refractivity contribution in [2.45, 2.75) is 44.8 Å². The van der Waals surface area contributed by atoms with Crippen molar-refractivity contribution < 1.29 is 0 Å². The van der Waals surface area contributed by atoms with Gasteiger partial charge in [0.15, 0.2) is 0 Å². The molecule has 1 aromatic heterocycles. The van der Waals surface area contributed by atoms with E-state index in [-0.39, 0.29) is 0 Å². The van der Waals surface area contributed by atoms with Gasteiger partial charge in [0.25, 0.3) is 0 Å². The van der Waals surface area contributed by atoms with E-state index < -0.39 is 0 Å². The van der Waals surface area contributed by atoms with Crippen molar-refractivity contribution in [2.24, 2.45) is 0 Å². The Morgan fingerprint density at radius 1 is 1.47 bits per heavy atom. The first-order chi connectivity index (χ1) is 7.34. The summed E-state index contributed by atoms with van der Waals surface area (Å²) >= 11 is 0. The minimum absolute atomic E-state index is 0.569. The summed E-state index contributed by atoms with van der Waals surface area (Å²) in [5.74, 6) is 0. The molecule has 3 heteroatoms. The van der Waals surface area contributed by atoms with Gasteiger partial charge in [-0.2, -0.15) is 5.10 Å². The number of hydrogen-bond donors (Lipinski definition) is 1. The molecule has 0 saturated heterocycles. The Labute approximate surface area is 91.2 Å². The Morgan fingerprint density at radius 3 is 2.93 bits per heavy atom. The number of hydrogen-bond acceptors (Lipinski definition) is 2. The first-order valence-electron chi connectivity index (χ1n) is 5.73. The summed E-state index contributed by atoms with van der Waals surface area (Å²) in [5.41, 5.74) is 0. The lowest BCUT2D eigenvalue weighted by Crippen LogP contribution is -2.35. The van der Waals surface area contributed by atoms with Gasteiger partial charge in [0, 0.05) is 31.0 Å². The summed E-state index contributed by atoms with van der Waals surface area (Å²) in [6.45, 7) is 3.25. The van der Waals surface area contributed by atoms with Crippen LogP contribution >= 0.6 is 0 Å². The van der Waals surface area contributed by atoms with Crippen molar-refractivity contribution in [3.63, 3.8) is 0 Å². The highest BCUT2D eigenvalue weighted by atomic mass is 15.3. The van der Waals surface area contributed by atoms with Gasteiger partial charge in [-0.15, -0.1) is 0 Å². The van der Waals surface area contributed by atoms with E-state index in [4.69, 9.17) is 0 Å². The summed E-state index contributed by atoms with van der Waals surface area (Å²) in [5, 5.41) is 7.83. The largest absolute Gasteiger partial charge is 0.311 e. The third kappa shape index (κ3) is 3.20. The van der Waals surface area contributed by atoms with Gasteiger partial charge in [-0.25, -0.2) is 0 Å². The molecular weight excluding hydrogens is 186 g/mol. The Balaban J connectivity index is 1.66. The quantitative estimate of drug-likeness (QED) is 0.745. The van der Waals surface area contributed by atoms with Gasteiger partial charge in [0.1, 0.15) is 0 Å². The molecule has 2 rings (SSSR count). The zero-order chi connectivity index (χ0) is 10.5. The molecule has 0 saturated carbocycles. The molecule has 15 heavy (non-hydrogen) atoms. The fourth-order valence-electron chi connectivity index (χ4n) is 2.00. The molecule has 0 radical (unpaired) electrons. The minimum atomic E-state index is 0.569. The van der Waals surface area contributed by atoms with Crippen LogP contribution in [-0.2, 0) is 6.54 Å². The van der Waals surface area contributed by atoms with Gasteiger partial charge in [-0.05, 0) is 32.3 Å². The molecule has 1 aliphatic rings. The number of aromatic nitrogens is 2. The number of nitrogens with one attached hydrogen (secondary N) is 1. The molecule has 1 heterocycles. The van der Waals surface area contributed by atoms with Gasteiger partial charge in [0.05, 0.1) is 0 Å². The van der Waals surface area contributed by atoms with Gasteiger partial charge >= 0.3 is 0 Å². The number of aryl methyl sites for hydroxylation is 1. The van der Waals surface area contributed by atoms with Crippen LogP contribution in [-0.4, -0.2) is 21.9 Å². The second-order valence-corrected chi connectivity index (χ2v) is 4.27. The van der Waals surface area contributed by atoms with Gasteiger partial charge in [-0.3, -0.25) is 4.68 Å². The Kier molecular flexibility index (Phi) is 3.56. The van der Waals surface area contributed by atoms with Crippen LogP contribution in [0.3, 0.4) is 0 Å². The maximum absolute atomic E-state index is 4.20. The van der Waals surface area contributed by atoms with Crippen LogP contribution in [0.5, 0.6) is 0 Å². The number of nitrogens with zero attached hydrogens (tertiary/aromatic N) is 2. The first kappa shape index (κ1) is 10.4. The van der Waals surface area contributed by atoms with E-state index in [0.717, 1.165) is 13.0 Å². The number of rotatable bonds is 5. The zero-order valence-electron chi connectivity index (χ0n) is 9.26. The van der Waals surface area contributed by atoms with Crippen molar-refractivity contribution in [2.75, 3.05) is 0 Å². The molecular formula is C12H19N3. The highest BCUT2D eigenvalue weighted by molar-refractivity contribution is 4.98. The minimum Gasteiger partial charge on any atom is -0.311 e. The third-order valence-electron chi connectivity index (χ3n) is 2.88. The molecule has 0 aromatic carbocycles. The first-order valence-corrected chi connectivity index (χ1v) is 5.73. The Bertz CT molecular complexity index is 295. The summed E-state index contributed by atoms with van der Waals surface area (Å²) in [6, 6.07) is 3.20. The maximum Gasteiger partial charge on any atom is 0.0489 e. The van der Waals surface area contributed by atoms with Crippen LogP contribution in [0.15, 0.2) is 30.6 Å². The summed E-state index contributed by atoms with van der Waals surface area (Å²) in [7, 11) is 0. The zero-order valence-corrected chi connectivity index (χ0v) is 9.26. The lowest BCUT2D eigenvalue weighted by molar-refractivity contribution is 0.410. The maximum atomic E-state index is 4.20. The smallest absolute Gasteiger partial charge is 0.0489 e. The van der Waals surface area contributed by atoms with Crippen LogP contribution in [0.25, 0.3) is 0 Å². The molecule has 0 amide bonds. The van der Waals surface area contributed by atoms with Crippen LogP contribution in [0.1, 0.15) is 26.2 Å². The Morgan fingerprint density at radius 2 is 2.27 bits per heavy atom. The molecule has 0 spiro atoms. The van der Waals surface area contributed by atoms with E-state index in [0.29, 0.717) is 12.1 Å². The monoisotopic (exact) mass is 205 g/mol. The summed E-state index contributed by atoms with van der Waals surface area (Å²) < 4.78 is 1.99. The lowest BCUT2D eigenvalue weighted by atomic mass is 10.1. The molecule has 3 nitrogen and oxygen atoms in total. The van der Waals surface area contributed by atoms with Crippen LogP contribution in [0, 0.1) is 0 Å². The van der Waals surface area contributed by atoms with Crippen molar-refractivity contribution in [1.29, 1.82) is 0 Å². The molecule has 0 bridgehead atoms. The topological polar surface area (TPSA) is 29.9 Å². The molecule has 1 unspecified atom stereocenters. The second-order valence-electron chi connectivity index (χ2n) is 4.27. The highest BCUT2D eigenvalue weighted by Gasteiger charge is 2.12. The van der Waals surface area contributed by atoms with Crippen LogP contribution in [0.4, 0.5) is 0 Å². The Hall–Kier alpha value is -1.09. The van der Waals surface area contributed by atoms with E-state index in [1.54, 1.807) is 0 Å². The van der Waals surface area contributed by atoms with Crippen molar-refractivity contribution in [3.05, 3.63) is 30.6 Å². The average Bonchev–Trinajstić information content (AvgIpc) is 2.86. The van der Waals surface area contributed by atoms with Crippen LogP contribution in [0.2, 0.25) is 0 Å². The van der Waals surface area contributed by atoms with E-state index in [1.807, 2.05) is 23.1 Å². The summed E-state index contributed by atoms with van der Waals surface area (Å²) in [4.78, 5) is 0. The fourth-order valence-corrected chi connectivity index (χ4v) is 2.00. The average molecular weight is 205 g/mol. The molecule has 1 aromatic rings. The summed E-state index contributed by atoms with van der Waals surface area (Å²) in [6.07, 6.45) is 11.9. The van der Waals surface area contributed by atoms with Gasteiger partial charge in [-0.1, -0.05) is 12.2 Å².